The minimum absolute atomic E-state index is 0.0148. The molecular formula is C21H13F9N2O2. The Bertz CT molecular complexity index is 1140. The van der Waals surface area contributed by atoms with Crippen LogP contribution in [0.25, 0.3) is 0 Å². The molecule has 0 fully saturated rings. The lowest BCUT2D eigenvalue weighted by molar-refractivity contribution is -0.193. The van der Waals surface area contributed by atoms with E-state index in [-0.39, 0.29) is 24.3 Å². The fourth-order valence-corrected chi connectivity index (χ4v) is 2.79. The van der Waals surface area contributed by atoms with Crippen LogP contribution in [0.5, 0.6) is 11.5 Å². The summed E-state index contributed by atoms with van der Waals surface area (Å²) < 4.78 is 133. The number of alkyl halides is 4. The first-order valence-corrected chi connectivity index (χ1v) is 9.43. The summed E-state index contributed by atoms with van der Waals surface area (Å²) >= 11 is 0. The second-order valence-corrected chi connectivity index (χ2v) is 6.87. The third kappa shape index (κ3) is 5.34. The highest BCUT2D eigenvalue weighted by Crippen LogP contribution is 2.38. The van der Waals surface area contributed by atoms with E-state index in [2.05, 4.69) is 19.4 Å². The van der Waals surface area contributed by atoms with Gasteiger partial charge < -0.3 is 9.47 Å². The summed E-state index contributed by atoms with van der Waals surface area (Å²) in [6.45, 7) is 1.84. The zero-order valence-corrected chi connectivity index (χ0v) is 17.0. The van der Waals surface area contributed by atoms with Gasteiger partial charge in [-0.25, -0.2) is 31.9 Å². The van der Waals surface area contributed by atoms with Crippen molar-refractivity contribution in [2.45, 2.75) is 32.0 Å². The molecule has 0 aliphatic rings. The SMILES string of the molecule is CCCc1cnc(C(F)(F)Oc2cc(F)c(C(F)(F)Oc3cc(F)c(F)c(F)c3)c(F)c2)nc1. The first kappa shape index (κ1) is 25.1. The van der Waals surface area contributed by atoms with Gasteiger partial charge in [0, 0.05) is 36.7 Å². The zero-order chi connectivity index (χ0) is 25.3. The van der Waals surface area contributed by atoms with Crippen LogP contribution in [-0.4, -0.2) is 9.97 Å². The van der Waals surface area contributed by atoms with Crippen LogP contribution in [0.1, 0.15) is 30.3 Å². The van der Waals surface area contributed by atoms with E-state index in [1.165, 1.54) is 0 Å². The van der Waals surface area contributed by atoms with Crippen LogP contribution < -0.4 is 9.47 Å². The number of hydrogen-bond donors (Lipinski definition) is 0. The molecule has 0 bridgehead atoms. The third-order valence-electron chi connectivity index (χ3n) is 4.26. The lowest BCUT2D eigenvalue weighted by Gasteiger charge is -2.21. The molecule has 0 spiro atoms. The average Bonchev–Trinajstić information content (AvgIpc) is 2.71. The molecule has 4 nitrogen and oxygen atoms in total. The molecule has 13 heteroatoms. The fourth-order valence-electron chi connectivity index (χ4n) is 2.79. The van der Waals surface area contributed by atoms with Gasteiger partial charge in [-0.15, -0.1) is 0 Å². The van der Waals surface area contributed by atoms with Crippen LogP contribution in [0.2, 0.25) is 0 Å². The minimum Gasteiger partial charge on any atom is -0.429 e. The Kier molecular flexibility index (Phi) is 6.94. The van der Waals surface area contributed by atoms with E-state index in [1.807, 2.05) is 6.92 Å². The smallest absolute Gasteiger partial charge is 0.429 e. The number of nitrogens with zero attached hydrogens (tertiary/aromatic N) is 2. The summed E-state index contributed by atoms with van der Waals surface area (Å²) in [6.07, 6.45) is -5.76. The van der Waals surface area contributed by atoms with Crippen molar-refractivity contribution in [3.63, 3.8) is 0 Å². The lowest BCUT2D eigenvalue weighted by atomic mass is 10.1. The molecule has 0 aliphatic heterocycles. The first-order valence-electron chi connectivity index (χ1n) is 9.43. The van der Waals surface area contributed by atoms with Crippen molar-refractivity contribution in [2.75, 3.05) is 0 Å². The molecule has 1 heterocycles. The summed E-state index contributed by atoms with van der Waals surface area (Å²) in [7, 11) is 0. The van der Waals surface area contributed by atoms with Crippen molar-refractivity contribution in [3.8, 4) is 11.5 Å². The molecule has 3 aromatic rings. The highest BCUT2D eigenvalue weighted by atomic mass is 19.3. The van der Waals surface area contributed by atoms with E-state index in [1.54, 1.807) is 0 Å². The first-order chi connectivity index (χ1) is 15.8. The molecule has 1 aromatic heterocycles. The molecule has 0 saturated heterocycles. The van der Waals surface area contributed by atoms with Gasteiger partial charge in [-0.1, -0.05) is 13.3 Å². The maximum Gasteiger partial charge on any atom is 0.462 e. The second-order valence-electron chi connectivity index (χ2n) is 6.87. The number of halogens is 9. The normalized spacial score (nSPS) is 12.1. The number of hydrogen-bond acceptors (Lipinski definition) is 4. The average molecular weight is 496 g/mol. The van der Waals surface area contributed by atoms with Crippen LogP contribution >= 0.6 is 0 Å². The Morgan fingerprint density at radius 3 is 1.62 bits per heavy atom. The summed E-state index contributed by atoms with van der Waals surface area (Å²) in [4.78, 5) is 6.86. The van der Waals surface area contributed by atoms with Gasteiger partial charge in [0.05, 0.1) is 0 Å². The maximum atomic E-state index is 14.3. The van der Waals surface area contributed by atoms with E-state index in [0.29, 0.717) is 18.4 Å². The molecule has 0 atom stereocenters. The molecule has 0 N–H and O–H groups in total. The molecule has 3 rings (SSSR count). The number of aryl methyl sites for hydroxylation is 1. The highest BCUT2D eigenvalue weighted by molar-refractivity contribution is 5.34. The zero-order valence-electron chi connectivity index (χ0n) is 17.0. The monoisotopic (exact) mass is 496 g/mol. The van der Waals surface area contributed by atoms with Crippen LogP contribution in [0.15, 0.2) is 36.7 Å². The Morgan fingerprint density at radius 2 is 1.15 bits per heavy atom. The molecule has 0 saturated carbocycles. The van der Waals surface area contributed by atoms with Crippen molar-refractivity contribution in [2.24, 2.45) is 0 Å². The number of aromatic nitrogens is 2. The molecule has 34 heavy (non-hydrogen) atoms. The van der Waals surface area contributed by atoms with Crippen LogP contribution in [0, 0.1) is 29.1 Å². The predicted octanol–water partition coefficient (Wildman–Crippen LogP) is 6.38. The van der Waals surface area contributed by atoms with Crippen LogP contribution in [-0.2, 0) is 18.6 Å². The standard InChI is InChI=1S/C21H13F9N2O2/c1-2-3-10-8-31-19(32-9-10)21(29,30)34-11-4-13(22)17(14(23)5-11)20(27,28)33-12-6-15(24)18(26)16(25)7-12/h4-9H,2-3H2,1H3. The molecule has 0 radical (unpaired) electrons. The number of benzene rings is 2. The van der Waals surface area contributed by atoms with Gasteiger partial charge in [0.1, 0.15) is 28.7 Å². The highest BCUT2D eigenvalue weighted by Gasteiger charge is 2.43. The van der Waals surface area contributed by atoms with Crippen molar-refractivity contribution >= 4 is 0 Å². The summed E-state index contributed by atoms with van der Waals surface area (Å²) in [6, 6.07) is 0.0691. The maximum absolute atomic E-state index is 14.3. The summed E-state index contributed by atoms with van der Waals surface area (Å²) in [5.41, 5.74) is -1.53. The number of rotatable bonds is 8. The Balaban J connectivity index is 1.86. The van der Waals surface area contributed by atoms with Gasteiger partial charge in [-0.3, -0.25) is 0 Å². The van der Waals surface area contributed by atoms with E-state index < -0.39 is 64.2 Å². The van der Waals surface area contributed by atoms with Crippen LogP contribution in [0.3, 0.4) is 0 Å². The number of ether oxygens (including phenoxy) is 2. The van der Waals surface area contributed by atoms with Gasteiger partial charge in [-0.2, -0.15) is 17.6 Å². The van der Waals surface area contributed by atoms with Gasteiger partial charge in [0.15, 0.2) is 17.5 Å². The van der Waals surface area contributed by atoms with Gasteiger partial charge in [0.2, 0.25) is 5.82 Å². The van der Waals surface area contributed by atoms with E-state index in [4.69, 9.17) is 0 Å². The molecule has 0 aliphatic carbocycles. The molecule has 2 aromatic carbocycles. The topological polar surface area (TPSA) is 44.2 Å². The Labute approximate surface area is 186 Å². The van der Waals surface area contributed by atoms with E-state index >= 15 is 0 Å². The minimum atomic E-state index is -4.88. The fraction of sp³-hybridized carbons (Fsp3) is 0.238. The Hall–Kier alpha value is -3.51. The van der Waals surface area contributed by atoms with Crippen LogP contribution in [0.4, 0.5) is 39.5 Å². The summed E-state index contributed by atoms with van der Waals surface area (Å²) in [5.74, 6) is -13.6. The van der Waals surface area contributed by atoms with Crippen molar-refractivity contribution in [1.82, 2.24) is 9.97 Å². The van der Waals surface area contributed by atoms with Gasteiger partial charge in [-0.05, 0) is 12.0 Å². The van der Waals surface area contributed by atoms with E-state index in [9.17, 15) is 39.5 Å². The molecule has 0 unspecified atom stereocenters. The van der Waals surface area contributed by atoms with Crippen molar-refractivity contribution in [1.29, 1.82) is 0 Å². The predicted molar refractivity (Wildman–Crippen MR) is 97.7 cm³/mol. The lowest BCUT2D eigenvalue weighted by Crippen LogP contribution is -2.27. The summed E-state index contributed by atoms with van der Waals surface area (Å²) in [5, 5.41) is 0. The van der Waals surface area contributed by atoms with Crippen molar-refractivity contribution in [3.05, 3.63) is 82.7 Å². The Morgan fingerprint density at radius 1 is 0.706 bits per heavy atom. The third-order valence-corrected chi connectivity index (χ3v) is 4.26. The van der Waals surface area contributed by atoms with Crippen molar-refractivity contribution < 1.29 is 49.0 Å². The largest absolute Gasteiger partial charge is 0.462 e. The quantitative estimate of drug-likeness (QED) is 0.268. The molecular weight excluding hydrogens is 483 g/mol. The molecule has 182 valence electrons. The van der Waals surface area contributed by atoms with E-state index in [0.717, 1.165) is 12.4 Å². The van der Waals surface area contributed by atoms with Gasteiger partial charge >= 0.3 is 12.2 Å². The van der Waals surface area contributed by atoms with Gasteiger partial charge in [0.25, 0.3) is 0 Å². The molecule has 0 amide bonds. The second kappa shape index (κ2) is 9.39.